The topological polar surface area (TPSA) is 72.9 Å². The number of aryl methyl sites for hydroxylation is 1. The smallest absolute Gasteiger partial charge is 0.257 e. The van der Waals surface area contributed by atoms with Crippen molar-refractivity contribution in [1.29, 1.82) is 0 Å². The molecule has 0 radical (unpaired) electrons. The van der Waals surface area contributed by atoms with Crippen LogP contribution in [0.25, 0.3) is 11.5 Å². The van der Waals surface area contributed by atoms with Gasteiger partial charge in [-0.3, -0.25) is 4.90 Å². The van der Waals surface area contributed by atoms with Crippen molar-refractivity contribution in [2.24, 2.45) is 0 Å². The molecule has 0 spiro atoms. The highest BCUT2D eigenvalue weighted by molar-refractivity contribution is 5.52. The van der Waals surface area contributed by atoms with E-state index in [0.29, 0.717) is 11.8 Å². The molecule has 1 aliphatic heterocycles. The first-order valence-corrected chi connectivity index (χ1v) is 9.27. The first-order valence-electron chi connectivity index (χ1n) is 9.27. The molecule has 7 nitrogen and oxygen atoms in total. The van der Waals surface area contributed by atoms with Crippen LogP contribution in [0.15, 0.2) is 41.2 Å². The second-order valence-electron chi connectivity index (χ2n) is 6.81. The summed E-state index contributed by atoms with van der Waals surface area (Å²) >= 11 is 0. The van der Waals surface area contributed by atoms with Crippen molar-refractivity contribution in [3.63, 3.8) is 0 Å². The van der Waals surface area contributed by atoms with Gasteiger partial charge in [0, 0.05) is 24.6 Å². The number of hydrogen-bond acceptors (Lipinski definition) is 6. The van der Waals surface area contributed by atoms with Crippen molar-refractivity contribution in [2.45, 2.75) is 45.2 Å². The lowest BCUT2D eigenvalue weighted by Crippen LogP contribution is -2.37. The average Bonchev–Trinajstić information content (AvgIpc) is 3.37. The first kappa shape index (κ1) is 16.9. The maximum atomic E-state index is 5.48. The van der Waals surface area contributed by atoms with Crippen LogP contribution in [0, 0.1) is 0 Å². The Labute approximate surface area is 153 Å². The fraction of sp³-hybridized carbons (Fsp3) is 0.474. The van der Waals surface area contributed by atoms with Crippen LogP contribution in [-0.2, 0) is 6.54 Å². The molecule has 136 valence electrons. The normalized spacial score (nSPS) is 19.5. The molecule has 0 bridgehead atoms. The number of nitrogens with zero attached hydrogens (tertiary/aromatic N) is 6. The molecular weight excluding hydrogens is 328 g/mol. The molecule has 3 aromatic rings. The number of piperidine rings is 1. The Morgan fingerprint density at radius 1 is 1.27 bits per heavy atom. The third-order valence-corrected chi connectivity index (χ3v) is 5.19. The molecule has 3 heterocycles. The van der Waals surface area contributed by atoms with E-state index in [-0.39, 0.29) is 6.04 Å². The van der Waals surface area contributed by atoms with Crippen LogP contribution < -0.4 is 0 Å². The fourth-order valence-corrected chi connectivity index (χ4v) is 3.66. The maximum Gasteiger partial charge on any atom is 0.257 e. The van der Waals surface area contributed by atoms with Gasteiger partial charge in [-0.15, -0.1) is 10.2 Å². The summed E-state index contributed by atoms with van der Waals surface area (Å²) in [6.07, 6.45) is 4.10. The number of aromatic nitrogens is 5. The third kappa shape index (κ3) is 3.26. The summed E-state index contributed by atoms with van der Waals surface area (Å²) in [6.45, 7) is 7.15. The average molecular weight is 352 g/mol. The van der Waals surface area contributed by atoms with Gasteiger partial charge in [0.25, 0.3) is 5.89 Å². The van der Waals surface area contributed by atoms with Crippen LogP contribution in [0.3, 0.4) is 0 Å². The van der Waals surface area contributed by atoms with Crippen LogP contribution >= 0.6 is 0 Å². The highest BCUT2D eigenvalue weighted by Gasteiger charge is 2.30. The Bertz CT molecular complexity index is 843. The van der Waals surface area contributed by atoms with Gasteiger partial charge in [-0.25, -0.2) is 0 Å². The molecule has 2 unspecified atom stereocenters. The van der Waals surface area contributed by atoms with Crippen molar-refractivity contribution in [3.8, 4) is 11.5 Å². The maximum absolute atomic E-state index is 5.48. The molecule has 2 atom stereocenters. The van der Waals surface area contributed by atoms with Crippen molar-refractivity contribution in [3.05, 3.63) is 48.3 Å². The minimum Gasteiger partial charge on any atom is -0.334 e. The van der Waals surface area contributed by atoms with Crippen LogP contribution in [-0.4, -0.2) is 42.9 Å². The van der Waals surface area contributed by atoms with Gasteiger partial charge in [-0.2, -0.15) is 4.98 Å². The molecule has 0 aliphatic carbocycles. The van der Waals surface area contributed by atoms with Crippen LogP contribution in [0.1, 0.15) is 50.3 Å². The van der Waals surface area contributed by atoms with E-state index in [1.54, 1.807) is 0 Å². The molecule has 2 aromatic heterocycles. The molecule has 1 saturated heterocycles. The highest BCUT2D eigenvalue weighted by Crippen LogP contribution is 2.31. The van der Waals surface area contributed by atoms with E-state index >= 15 is 0 Å². The summed E-state index contributed by atoms with van der Waals surface area (Å²) in [5, 5.41) is 12.7. The summed E-state index contributed by atoms with van der Waals surface area (Å²) in [7, 11) is 0. The molecule has 1 aliphatic rings. The van der Waals surface area contributed by atoms with Gasteiger partial charge >= 0.3 is 0 Å². The summed E-state index contributed by atoms with van der Waals surface area (Å²) in [5.74, 6) is 2.80. The summed E-state index contributed by atoms with van der Waals surface area (Å²) in [5.41, 5.74) is 0.950. The molecule has 7 heteroatoms. The lowest BCUT2D eigenvalue weighted by Gasteiger charge is -2.35. The van der Waals surface area contributed by atoms with Crippen molar-refractivity contribution in [2.75, 3.05) is 13.1 Å². The molecule has 1 aromatic carbocycles. The second-order valence-corrected chi connectivity index (χ2v) is 6.81. The largest absolute Gasteiger partial charge is 0.334 e. The van der Waals surface area contributed by atoms with Gasteiger partial charge in [-0.1, -0.05) is 23.4 Å². The van der Waals surface area contributed by atoms with Gasteiger partial charge in [0.1, 0.15) is 12.2 Å². The number of benzene rings is 1. The molecule has 0 saturated carbocycles. The molecule has 0 N–H and O–H groups in total. The van der Waals surface area contributed by atoms with Crippen LogP contribution in [0.2, 0.25) is 0 Å². The number of likely N-dealkylation sites (tertiary alicyclic amines) is 1. The quantitative estimate of drug-likeness (QED) is 0.701. The zero-order valence-electron chi connectivity index (χ0n) is 15.2. The molecule has 1 fully saturated rings. The number of hydrogen-bond donors (Lipinski definition) is 0. The lowest BCUT2D eigenvalue weighted by atomic mass is 9.96. The van der Waals surface area contributed by atoms with Crippen molar-refractivity contribution in [1.82, 2.24) is 29.8 Å². The monoisotopic (exact) mass is 352 g/mol. The first-order chi connectivity index (χ1) is 12.8. The van der Waals surface area contributed by atoms with Crippen LogP contribution in [0.4, 0.5) is 0 Å². The fourth-order valence-electron chi connectivity index (χ4n) is 3.66. The van der Waals surface area contributed by atoms with E-state index < -0.39 is 0 Å². The Balaban J connectivity index is 1.49. The van der Waals surface area contributed by atoms with Gasteiger partial charge in [0.2, 0.25) is 0 Å². The predicted molar refractivity (Wildman–Crippen MR) is 97.4 cm³/mol. The van der Waals surface area contributed by atoms with Gasteiger partial charge in [0.05, 0.1) is 6.04 Å². The molecule has 4 rings (SSSR count). The lowest BCUT2D eigenvalue weighted by molar-refractivity contribution is 0.147. The Kier molecular flexibility index (Phi) is 4.79. The summed E-state index contributed by atoms with van der Waals surface area (Å²) in [4.78, 5) is 7.04. The van der Waals surface area contributed by atoms with E-state index in [4.69, 9.17) is 4.52 Å². The van der Waals surface area contributed by atoms with Gasteiger partial charge < -0.3 is 9.09 Å². The van der Waals surface area contributed by atoms with Crippen LogP contribution in [0.5, 0.6) is 0 Å². The zero-order valence-corrected chi connectivity index (χ0v) is 15.2. The van der Waals surface area contributed by atoms with Crippen molar-refractivity contribution < 1.29 is 4.52 Å². The molecule has 0 amide bonds. The van der Waals surface area contributed by atoms with E-state index in [2.05, 4.69) is 43.7 Å². The predicted octanol–water partition coefficient (Wildman–Crippen LogP) is 3.29. The van der Waals surface area contributed by atoms with Gasteiger partial charge in [0.15, 0.2) is 5.82 Å². The van der Waals surface area contributed by atoms with Gasteiger partial charge in [-0.05, 0) is 45.4 Å². The summed E-state index contributed by atoms with van der Waals surface area (Å²) < 4.78 is 7.62. The Morgan fingerprint density at radius 2 is 2.12 bits per heavy atom. The number of rotatable bonds is 5. The minimum absolute atomic E-state index is 0.108. The van der Waals surface area contributed by atoms with E-state index in [1.165, 1.54) is 0 Å². The second kappa shape index (κ2) is 7.37. The van der Waals surface area contributed by atoms with Crippen molar-refractivity contribution >= 4 is 0 Å². The highest BCUT2D eigenvalue weighted by atomic mass is 16.5. The Hall–Kier alpha value is -2.54. The molecule has 26 heavy (non-hydrogen) atoms. The standard InChI is InChI=1S/C19H24N6O/c1-3-24-13-20-22-18(24)16-10-7-11-25(12-16)14(2)17-21-19(26-23-17)15-8-5-4-6-9-15/h4-6,8-9,13-14,16H,3,7,10-12H2,1-2H3. The van der Waals surface area contributed by atoms with E-state index in [0.717, 1.165) is 49.7 Å². The van der Waals surface area contributed by atoms with E-state index in [9.17, 15) is 0 Å². The third-order valence-electron chi connectivity index (χ3n) is 5.19. The SMILES string of the molecule is CCn1cnnc1C1CCCN(C(C)c2noc(-c3ccccc3)n2)C1. The summed E-state index contributed by atoms with van der Waals surface area (Å²) in [6, 6.07) is 10.00. The zero-order chi connectivity index (χ0) is 17.9. The minimum atomic E-state index is 0.108. The Morgan fingerprint density at radius 3 is 2.92 bits per heavy atom. The van der Waals surface area contributed by atoms with E-state index in [1.807, 2.05) is 36.7 Å². The molecular formula is C19H24N6O.